The number of thioether (sulfide) groups is 1. The molecule has 0 bridgehead atoms. The zero-order valence-corrected chi connectivity index (χ0v) is 12.2. The third-order valence-electron chi connectivity index (χ3n) is 3.02. The molecule has 1 amide bonds. The molecule has 1 aliphatic rings. The van der Waals surface area contributed by atoms with Gasteiger partial charge in [-0.05, 0) is 30.5 Å². The first-order valence-corrected chi connectivity index (χ1v) is 7.85. The Kier molecular flexibility index (Phi) is 5.90. The van der Waals surface area contributed by atoms with Gasteiger partial charge >= 0.3 is 0 Å². The van der Waals surface area contributed by atoms with Gasteiger partial charge in [-0.1, -0.05) is 12.1 Å². The summed E-state index contributed by atoms with van der Waals surface area (Å²) in [4.78, 5) is 12.6. The van der Waals surface area contributed by atoms with Crippen LogP contribution in [0.15, 0.2) is 29.2 Å². The molecule has 20 heavy (non-hydrogen) atoms. The molecule has 0 aliphatic heterocycles. The smallest absolute Gasteiger partial charge is 0.230 e. The van der Waals surface area contributed by atoms with Gasteiger partial charge < -0.3 is 10.6 Å². The van der Waals surface area contributed by atoms with E-state index in [0.717, 1.165) is 17.5 Å². The first-order chi connectivity index (χ1) is 9.78. The van der Waals surface area contributed by atoms with Gasteiger partial charge in [-0.2, -0.15) is 5.26 Å². The second-order valence-corrected chi connectivity index (χ2v) is 5.89. The van der Waals surface area contributed by atoms with Crippen LogP contribution in [0, 0.1) is 11.3 Å². The summed E-state index contributed by atoms with van der Waals surface area (Å²) in [5.74, 6) is 0.371. The zero-order chi connectivity index (χ0) is 14.2. The number of nitrogens with one attached hydrogen (secondary N) is 2. The van der Waals surface area contributed by atoms with Crippen LogP contribution in [0.3, 0.4) is 0 Å². The minimum absolute atomic E-state index is 0.0234. The van der Waals surface area contributed by atoms with Crippen LogP contribution >= 0.6 is 11.8 Å². The molecule has 0 radical (unpaired) electrons. The second-order valence-electron chi connectivity index (χ2n) is 4.85. The van der Waals surface area contributed by atoms with Crippen LogP contribution in [-0.4, -0.2) is 24.2 Å². The number of nitrogens with zero attached hydrogens (tertiary/aromatic N) is 1. The Labute approximate surface area is 123 Å². The van der Waals surface area contributed by atoms with Gasteiger partial charge in [-0.3, -0.25) is 4.79 Å². The van der Waals surface area contributed by atoms with Gasteiger partial charge in [0.2, 0.25) is 5.91 Å². The van der Waals surface area contributed by atoms with E-state index in [1.165, 1.54) is 30.2 Å². The third-order valence-corrected chi connectivity index (χ3v) is 4.04. The highest BCUT2D eigenvalue weighted by Gasteiger charge is 2.19. The van der Waals surface area contributed by atoms with E-state index in [-0.39, 0.29) is 5.91 Å². The SMILES string of the molecule is N#CCCNC(=O)CSc1ccc(CNC2CC2)cc1. The van der Waals surface area contributed by atoms with Gasteiger partial charge in [0.1, 0.15) is 0 Å². The lowest BCUT2D eigenvalue weighted by Gasteiger charge is -2.05. The lowest BCUT2D eigenvalue weighted by molar-refractivity contribution is -0.118. The molecule has 1 aliphatic carbocycles. The molecule has 1 saturated carbocycles. The van der Waals surface area contributed by atoms with Gasteiger partial charge in [0.05, 0.1) is 18.2 Å². The summed E-state index contributed by atoms with van der Waals surface area (Å²) in [5.41, 5.74) is 1.28. The molecular weight excluding hydrogens is 270 g/mol. The van der Waals surface area contributed by atoms with Crippen molar-refractivity contribution in [2.45, 2.75) is 36.7 Å². The molecule has 0 unspecified atom stereocenters. The summed E-state index contributed by atoms with van der Waals surface area (Å²) in [7, 11) is 0. The molecule has 2 rings (SSSR count). The summed E-state index contributed by atoms with van der Waals surface area (Å²) < 4.78 is 0. The van der Waals surface area contributed by atoms with Crippen molar-refractivity contribution >= 4 is 17.7 Å². The molecule has 1 aromatic carbocycles. The minimum Gasteiger partial charge on any atom is -0.354 e. The van der Waals surface area contributed by atoms with E-state index in [4.69, 9.17) is 5.26 Å². The van der Waals surface area contributed by atoms with Crippen molar-refractivity contribution in [3.05, 3.63) is 29.8 Å². The van der Waals surface area contributed by atoms with Crippen LogP contribution in [0.2, 0.25) is 0 Å². The summed E-state index contributed by atoms with van der Waals surface area (Å²) in [6.07, 6.45) is 2.96. The molecule has 0 heterocycles. The van der Waals surface area contributed by atoms with Crippen molar-refractivity contribution in [1.82, 2.24) is 10.6 Å². The average molecular weight is 289 g/mol. The largest absolute Gasteiger partial charge is 0.354 e. The minimum atomic E-state index is -0.0234. The van der Waals surface area contributed by atoms with Crippen molar-refractivity contribution in [3.63, 3.8) is 0 Å². The molecule has 106 valence electrons. The Hall–Kier alpha value is -1.51. The van der Waals surface area contributed by atoms with E-state index in [2.05, 4.69) is 34.9 Å². The number of hydrogen-bond donors (Lipinski definition) is 2. The number of rotatable bonds is 8. The predicted octanol–water partition coefficient (Wildman–Crippen LogP) is 2.06. The van der Waals surface area contributed by atoms with Crippen molar-refractivity contribution < 1.29 is 4.79 Å². The average Bonchev–Trinajstić information content (AvgIpc) is 3.28. The Morgan fingerprint density at radius 1 is 1.35 bits per heavy atom. The first-order valence-electron chi connectivity index (χ1n) is 6.86. The number of amides is 1. The van der Waals surface area contributed by atoms with Crippen molar-refractivity contribution in [3.8, 4) is 6.07 Å². The van der Waals surface area contributed by atoms with E-state index < -0.39 is 0 Å². The van der Waals surface area contributed by atoms with Gasteiger partial charge in [0.15, 0.2) is 0 Å². The van der Waals surface area contributed by atoms with Crippen LogP contribution in [0.5, 0.6) is 0 Å². The molecule has 0 spiro atoms. The van der Waals surface area contributed by atoms with Gasteiger partial charge in [0.25, 0.3) is 0 Å². The Bertz CT molecular complexity index is 477. The Morgan fingerprint density at radius 3 is 2.75 bits per heavy atom. The lowest BCUT2D eigenvalue weighted by atomic mass is 10.2. The number of carbonyl (C=O) groups excluding carboxylic acids is 1. The highest BCUT2D eigenvalue weighted by Crippen LogP contribution is 2.21. The molecular formula is C15H19N3OS. The summed E-state index contributed by atoms with van der Waals surface area (Å²) in [5, 5.41) is 14.6. The van der Waals surface area contributed by atoms with Crippen molar-refractivity contribution in [2.75, 3.05) is 12.3 Å². The molecule has 1 fully saturated rings. The number of hydrogen-bond acceptors (Lipinski definition) is 4. The van der Waals surface area contributed by atoms with Crippen molar-refractivity contribution in [2.24, 2.45) is 0 Å². The Morgan fingerprint density at radius 2 is 2.10 bits per heavy atom. The zero-order valence-electron chi connectivity index (χ0n) is 11.4. The van der Waals surface area contributed by atoms with E-state index >= 15 is 0 Å². The third kappa shape index (κ3) is 5.64. The maximum absolute atomic E-state index is 11.5. The topological polar surface area (TPSA) is 64.9 Å². The molecule has 5 heteroatoms. The quantitative estimate of drug-likeness (QED) is 0.568. The van der Waals surface area contributed by atoms with Gasteiger partial charge in [-0.15, -0.1) is 11.8 Å². The van der Waals surface area contributed by atoms with Crippen LogP contribution in [0.4, 0.5) is 0 Å². The molecule has 0 atom stereocenters. The van der Waals surface area contributed by atoms with Crippen LogP contribution in [0.25, 0.3) is 0 Å². The van der Waals surface area contributed by atoms with E-state index in [1.807, 2.05) is 6.07 Å². The fourth-order valence-corrected chi connectivity index (χ4v) is 2.44. The summed E-state index contributed by atoms with van der Waals surface area (Å²) >= 11 is 1.52. The number of benzene rings is 1. The maximum Gasteiger partial charge on any atom is 0.230 e. The normalized spacial score (nSPS) is 13.8. The van der Waals surface area contributed by atoms with Crippen LogP contribution in [-0.2, 0) is 11.3 Å². The lowest BCUT2D eigenvalue weighted by Crippen LogP contribution is -2.25. The fourth-order valence-electron chi connectivity index (χ4n) is 1.71. The monoisotopic (exact) mass is 289 g/mol. The van der Waals surface area contributed by atoms with Crippen molar-refractivity contribution in [1.29, 1.82) is 5.26 Å². The van der Waals surface area contributed by atoms with Gasteiger partial charge in [-0.25, -0.2) is 0 Å². The highest BCUT2D eigenvalue weighted by molar-refractivity contribution is 8.00. The van der Waals surface area contributed by atoms with Gasteiger partial charge in [0, 0.05) is 24.0 Å². The fraction of sp³-hybridized carbons (Fsp3) is 0.467. The van der Waals surface area contributed by atoms with Crippen LogP contribution < -0.4 is 10.6 Å². The molecule has 2 N–H and O–H groups in total. The highest BCUT2D eigenvalue weighted by atomic mass is 32.2. The Balaban J connectivity index is 1.67. The standard InChI is InChI=1S/C15H19N3OS/c16-8-1-9-17-15(19)11-20-14-6-2-12(3-7-14)10-18-13-4-5-13/h2-3,6-7,13,18H,1,4-5,9-11H2,(H,17,19). The number of carbonyl (C=O) groups is 1. The predicted molar refractivity (Wildman–Crippen MR) is 80.3 cm³/mol. The molecule has 4 nitrogen and oxygen atoms in total. The van der Waals surface area contributed by atoms with E-state index in [1.54, 1.807) is 0 Å². The molecule has 0 saturated heterocycles. The summed E-state index contributed by atoms with van der Waals surface area (Å²) in [6, 6.07) is 11.0. The molecule has 1 aromatic rings. The molecule has 0 aromatic heterocycles. The first kappa shape index (κ1) is 14.9. The van der Waals surface area contributed by atoms with Crippen LogP contribution in [0.1, 0.15) is 24.8 Å². The number of nitriles is 1. The maximum atomic E-state index is 11.5. The second kappa shape index (κ2) is 7.93. The summed E-state index contributed by atoms with van der Waals surface area (Å²) in [6.45, 7) is 1.35. The van der Waals surface area contributed by atoms with E-state index in [0.29, 0.717) is 18.7 Å². The van der Waals surface area contributed by atoms with E-state index in [9.17, 15) is 4.79 Å².